The minimum absolute atomic E-state index is 0.0372. The van der Waals surface area contributed by atoms with Crippen molar-refractivity contribution in [3.05, 3.63) is 12.7 Å². The van der Waals surface area contributed by atoms with E-state index in [0.29, 0.717) is 35.9 Å². The van der Waals surface area contributed by atoms with Crippen LogP contribution in [0.4, 0.5) is 10.6 Å². The molecule has 2 aromatic rings. The second-order valence-corrected chi connectivity index (χ2v) is 9.25. The molecule has 0 bridgehead atoms. The second kappa shape index (κ2) is 11.7. The van der Waals surface area contributed by atoms with Crippen LogP contribution in [0.15, 0.2) is 12.7 Å². The van der Waals surface area contributed by atoms with Crippen LogP contribution in [0.5, 0.6) is 0 Å². The van der Waals surface area contributed by atoms with Crippen LogP contribution in [0.3, 0.4) is 0 Å². The molecule has 0 saturated heterocycles. The number of hydrogen-bond acceptors (Lipinski definition) is 8. The molecule has 192 valence electrons. The molecule has 2 atom stereocenters. The van der Waals surface area contributed by atoms with Gasteiger partial charge in [0.25, 0.3) is 0 Å². The van der Waals surface area contributed by atoms with Crippen LogP contribution in [0.1, 0.15) is 51.7 Å². The Morgan fingerprint density at radius 2 is 2.00 bits per heavy atom. The average Bonchev–Trinajstić information content (AvgIpc) is 3.23. The number of nitrogens with two attached hydrogens (primary N) is 1. The molecule has 2 heterocycles. The number of carboxylic acid groups (broad SMARTS) is 1. The summed E-state index contributed by atoms with van der Waals surface area (Å²) in [5.74, 6) is -0.0654. The number of nitrogens with one attached hydrogen (secondary N) is 3. The number of carbonyl (C=O) groups is 2. The van der Waals surface area contributed by atoms with Crippen molar-refractivity contribution >= 4 is 35.0 Å². The van der Waals surface area contributed by atoms with Crippen molar-refractivity contribution in [2.45, 2.75) is 57.7 Å². The zero-order valence-electron chi connectivity index (χ0n) is 20.4. The van der Waals surface area contributed by atoms with Gasteiger partial charge in [0.05, 0.1) is 0 Å². The molecule has 0 spiro atoms. The fourth-order valence-electron chi connectivity index (χ4n) is 4.38. The largest absolute Gasteiger partial charge is 0.480 e. The molecule has 1 aliphatic carbocycles. The predicted molar refractivity (Wildman–Crippen MR) is 130 cm³/mol. The number of carbonyl (C=O) groups excluding carboxylic acids is 1. The number of anilines is 1. The van der Waals surface area contributed by atoms with Gasteiger partial charge in [-0.05, 0) is 31.6 Å². The quantitative estimate of drug-likeness (QED) is 0.187. The summed E-state index contributed by atoms with van der Waals surface area (Å²) in [5.41, 5.74) is 6.38. The predicted octanol–water partition coefficient (Wildman–Crippen LogP) is 1.66. The summed E-state index contributed by atoms with van der Waals surface area (Å²) in [6.45, 7) is 2.54. The molecule has 1 unspecified atom stereocenters. The number of aliphatic carboxylic acids is 1. The van der Waals surface area contributed by atoms with E-state index in [-0.39, 0.29) is 18.3 Å². The fraction of sp³-hybridized carbons (Fsp3) is 0.636. The Morgan fingerprint density at radius 3 is 2.63 bits per heavy atom. The molecule has 3 rings (SSSR count). The Bertz CT molecular complexity index is 1030. The maximum atomic E-state index is 12.9. The van der Waals surface area contributed by atoms with Crippen molar-refractivity contribution in [3.63, 3.8) is 0 Å². The number of nitrogens with zero attached hydrogens (tertiary/aromatic N) is 5. The lowest BCUT2D eigenvalue weighted by atomic mass is 9.82. The maximum absolute atomic E-state index is 12.9. The van der Waals surface area contributed by atoms with Crippen LogP contribution >= 0.6 is 0 Å². The van der Waals surface area contributed by atoms with Crippen molar-refractivity contribution in [2.24, 2.45) is 17.6 Å². The number of ether oxygens (including phenoxy) is 1. The molecule has 1 aliphatic rings. The Hall–Kier alpha value is -3.64. The van der Waals surface area contributed by atoms with Crippen LogP contribution in [-0.2, 0) is 9.53 Å². The van der Waals surface area contributed by atoms with Gasteiger partial charge in [-0.1, -0.05) is 19.8 Å². The molecule has 35 heavy (non-hydrogen) atoms. The van der Waals surface area contributed by atoms with Crippen LogP contribution in [0, 0.1) is 17.2 Å². The number of amides is 1. The summed E-state index contributed by atoms with van der Waals surface area (Å²) in [7, 11) is 3.73. The van der Waals surface area contributed by atoms with Gasteiger partial charge in [-0.2, -0.15) is 0 Å². The Labute approximate surface area is 204 Å². The Morgan fingerprint density at radius 1 is 1.29 bits per heavy atom. The van der Waals surface area contributed by atoms with E-state index >= 15 is 0 Å². The van der Waals surface area contributed by atoms with Crippen molar-refractivity contribution in [1.82, 2.24) is 30.2 Å². The summed E-state index contributed by atoms with van der Waals surface area (Å²) in [5, 5.41) is 21.8. The normalized spacial score (nSPS) is 19.5. The minimum Gasteiger partial charge on any atom is -0.480 e. The smallest absolute Gasteiger partial charge is 0.409 e. The topological polar surface area (TPSA) is 184 Å². The summed E-state index contributed by atoms with van der Waals surface area (Å²) in [6, 6.07) is -1.13. The molecule has 0 radical (unpaired) electrons. The van der Waals surface area contributed by atoms with Gasteiger partial charge >= 0.3 is 12.1 Å². The molecule has 1 saturated carbocycles. The van der Waals surface area contributed by atoms with E-state index in [1.165, 1.54) is 6.33 Å². The maximum Gasteiger partial charge on any atom is 0.409 e. The molecule has 1 amide bonds. The van der Waals surface area contributed by atoms with Crippen LogP contribution in [-0.4, -0.2) is 69.3 Å². The monoisotopic (exact) mass is 489 g/mol. The number of hydrogen-bond donors (Lipinski definition) is 5. The SMILES string of the molecule is CC1CCC(C(OC(=O)N[C@H](CCCNC(=N)N)C(=O)O)n2cnc3c(N(C)C)ncnc32)CC1. The third-order valence-electron chi connectivity index (χ3n) is 6.30. The van der Waals surface area contributed by atoms with E-state index in [1.54, 1.807) is 10.9 Å². The van der Waals surface area contributed by atoms with Crippen molar-refractivity contribution in [2.75, 3.05) is 25.5 Å². The number of aromatic nitrogens is 4. The van der Waals surface area contributed by atoms with E-state index in [0.717, 1.165) is 25.7 Å². The number of fused-ring (bicyclic) bond motifs is 1. The number of alkyl carbamates (subject to hydrolysis) is 1. The highest BCUT2D eigenvalue weighted by molar-refractivity contribution is 5.83. The van der Waals surface area contributed by atoms with Gasteiger partial charge in [-0.25, -0.2) is 24.5 Å². The van der Waals surface area contributed by atoms with Gasteiger partial charge in [0, 0.05) is 26.6 Å². The number of imidazole rings is 1. The summed E-state index contributed by atoms with van der Waals surface area (Å²) in [4.78, 5) is 39.6. The third-order valence-corrected chi connectivity index (χ3v) is 6.30. The van der Waals surface area contributed by atoms with Crippen LogP contribution in [0.2, 0.25) is 0 Å². The number of rotatable bonds is 10. The van der Waals surface area contributed by atoms with Gasteiger partial charge in [0.2, 0.25) is 0 Å². The molecule has 0 aliphatic heterocycles. The van der Waals surface area contributed by atoms with Crippen LogP contribution in [0.25, 0.3) is 11.2 Å². The molecule has 6 N–H and O–H groups in total. The second-order valence-electron chi connectivity index (χ2n) is 9.25. The van der Waals surface area contributed by atoms with E-state index in [9.17, 15) is 14.7 Å². The van der Waals surface area contributed by atoms with Gasteiger partial charge in [-0.15, -0.1) is 0 Å². The lowest BCUT2D eigenvalue weighted by Gasteiger charge is -2.33. The molecule has 2 aromatic heterocycles. The highest BCUT2D eigenvalue weighted by Crippen LogP contribution is 2.37. The summed E-state index contributed by atoms with van der Waals surface area (Å²) in [6.07, 6.45) is 5.86. The molecule has 1 fully saturated rings. The van der Waals surface area contributed by atoms with E-state index < -0.39 is 24.3 Å². The molecular weight excluding hydrogens is 454 g/mol. The average molecular weight is 490 g/mol. The summed E-state index contributed by atoms with van der Waals surface area (Å²) >= 11 is 0. The van der Waals surface area contributed by atoms with Crippen molar-refractivity contribution < 1.29 is 19.4 Å². The first-order valence-electron chi connectivity index (χ1n) is 11.8. The number of guanidine groups is 1. The standard InChI is InChI=1S/C22H35N9O4/c1-13-6-8-14(9-7-13)19(31-12-28-16-17(30(2)3)26-11-27-18(16)31)35-22(34)29-15(20(32)33)5-4-10-25-21(23)24/h11-15,19H,4-10H2,1-3H3,(H,29,34)(H,32,33)(H4,23,24,25)/t13?,14?,15-,19?/m1/s1. The molecule has 0 aromatic carbocycles. The van der Waals surface area contributed by atoms with E-state index in [2.05, 4.69) is 32.5 Å². The van der Waals surface area contributed by atoms with E-state index in [1.807, 2.05) is 19.0 Å². The van der Waals surface area contributed by atoms with Gasteiger partial charge in [0.1, 0.15) is 18.7 Å². The highest BCUT2D eigenvalue weighted by atomic mass is 16.6. The Kier molecular flexibility index (Phi) is 8.66. The fourth-order valence-corrected chi connectivity index (χ4v) is 4.38. The van der Waals surface area contributed by atoms with Crippen LogP contribution < -0.4 is 21.3 Å². The van der Waals surface area contributed by atoms with Crippen molar-refractivity contribution in [3.8, 4) is 0 Å². The summed E-state index contributed by atoms with van der Waals surface area (Å²) < 4.78 is 7.62. The zero-order chi connectivity index (χ0) is 25.5. The first kappa shape index (κ1) is 26.0. The van der Waals surface area contributed by atoms with E-state index in [4.69, 9.17) is 15.9 Å². The first-order chi connectivity index (χ1) is 16.7. The zero-order valence-corrected chi connectivity index (χ0v) is 20.4. The van der Waals surface area contributed by atoms with Gasteiger partial charge in [-0.3, -0.25) is 9.98 Å². The van der Waals surface area contributed by atoms with Crippen molar-refractivity contribution in [1.29, 1.82) is 5.41 Å². The molecular formula is C22H35N9O4. The molecule has 13 heteroatoms. The first-order valence-corrected chi connectivity index (χ1v) is 11.8. The lowest BCUT2D eigenvalue weighted by molar-refractivity contribution is -0.139. The highest BCUT2D eigenvalue weighted by Gasteiger charge is 2.33. The number of carboxylic acids is 1. The minimum atomic E-state index is -1.16. The third kappa shape index (κ3) is 6.70. The molecule has 13 nitrogen and oxygen atoms in total. The Balaban J connectivity index is 1.80. The lowest BCUT2D eigenvalue weighted by Crippen LogP contribution is -2.43. The van der Waals surface area contributed by atoms with Gasteiger partial charge < -0.3 is 31.1 Å². The van der Waals surface area contributed by atoms with Gasteiger partial charge in [0.15, 0.2) is 29.2 Å².